The number of nitrogens with one attached hydrogen (secondary N) is 1. The molecule has 8 heteroatoms. The summed E-state index contributed by atoms with van der Waals surface area (Å²) >= 11 is 0. The third-order valence-electron chi connectivity index (χ3n) is 5.36. The molecule has 2 aliphatic heterocycles. The van der Waals surface area contributed by atoms with E-state index in [4.69, 9.17) is 14.2 Å². The quantitative estimate of drug-likeness (QED) is 0.794. The van der Waals surface area contributed by atoms with Gasteiger partial charge in [0.2, 0.25) is 5.95 Å². The highest BCUT2D eigenvalue weighted by atomic mass is 16.7. The van der Waals surface area contributed by atoms with E-state index in [1.54, 1.807) is 19.4 Å². The number of piperidine rings is 1. The molecule has 0 atom stereocenters. The Hall–Kier alpha value is -2.71. The van der Waals surface area contributed by atoms with Crippen LogP contribution in [-0.4, -0.2) is 61.6 Å². The summed E-state index contributed by atoms with van der Waals surface area (Å²) in [5, 5.41) is 2.93. The van der Waals surface area contributed by atoms with E-state index in [2.05, 4.69) is 20.2 Å². The Morgan fingerprint density at radius 1 is 1.17 bits per heavy atom. The van der Waals surface area contributed by atoms with E-state index in [9.17, 15) is 4.79 Å². The highest BCUT2D eigenvalue weighted by Crippen LogP contribution is 2.32. The van der Waals surface area contributed by atoms with Crippen molar-refractivity contribution in [3.05, 3.63) is 47.8 Å². The van der Waals surface area contributed by atoms with Crippen LogP contribution in [0.15, 0.2) is 36.5 Å². The van der Waals surface area contributed by atoms with Crippen LogP contribution in [0.5, 0.6) is 5.75 Å². The van der Waals surface area contributed by atoms with Gasteiger partial charge >= 0.3 is 0 Å². The Labute approximate surface area is 170 Å². The van der Waals surface area contributed by atoms with Crippen molar-refractivity contribution < 1.29 is 19.0 Å². The van der Waals surface area contributed by atoms with Crippen LogP contribution in [-0.2, 0) is 15.9 Å². The number of nitrogens with zero attached hydrogens (tertiary/aromatic N) is 3. The number of hydrogen-bond donors (Lipinski definition) is 1. The van der Waals surface area contributed by atoms with Crippen LogP contribution in [0, 0.1) is 0 Å². The van der Waals surface area contributed by atoms with Gasteiger partial charge in [-0.3, -0.25) is 4.79 Å². The van der Waals surface area contributed by atoms with Crippen molar-refractivity contribution in [2.45, 2.75) is 25.0 Å². The molecule has 1 amide bonds. The first kappa shape index (κ1) is 19.6. The van der Waals surface area contributed by atoms with Crippen LogP contribution in [0.1, 0.15) is 28.9 Å². The number of carbonyl (C=O) groups is 1. The van der Waals surface area contributed by atoms with Crippen LogP contribution in [0.2, 0.25) is 0 Å². The van der Waals surface area contributed by atoms with E-state index in [0.717, 1.165) is 43.7 Å². The van der Waals surface area contributed by atoms with Crippen LogP contribution >= 0.6 is 0 Å². The zero-order valence-electron chi connectivity index (χ0n) is 16.6. The molecule has 1 aromatic heterocycles. The summed E-state index contributed by atoms with van der Waals surface area (Å²) in [5.74, 6) is 0.757. The zero-order chi connectivity index (χ0) is 20.1. The van der Waals surface area contributed by atoms with Gasteiger partial charge in [0, 0.05) is 38.7 Å². The van der Waals surface area contributed by atoms with E-state index in [-0.39, 0.29) is 5.91 Å². The lowest BCUT2D eigenvalue weighted by Crippen LogP contribution is -2.45. The molecule has 154 valence electrons. The van der Waals surface area contributed by atoms with Crippen molar-refractivity contribution in [1.82, 2.24) is 15.3 Å². The van der Waals surface area contributed by atoms with Crippen LogP contribution in [0.3, 0.4) is 0 Å². The molecule has 1 N–H and O–H groups in total. The van der Waals surface area contributed by atoms with Crippen molar-refractivity contribution >= 4 is 11.9 Å². The zero-order valence-corrected chi connectivity index (χ0v) is 16.6. The van der Waals surface area contributed by atoms with E-state index in [1.807, 2.05) is 24.3 Å². The fraction of sp³-hybridized carbons (Fsp3) is 0.476. The Morgan fingerprint density at radius 3 is 2.59 bits per heavy atom. The normalized spacial score (nSPS) is 18.0. The fourth-order valence-corrected chi connectivity index (χ4v) is 3.66. The molecule has 0 bridgehead atoms. The van der Waals surface area contributed by atoms with E-state index in [1.165, 1.54) is 0 Å². The summed E-state index contributed by atoms with van der Waals surface area (Å²) in [6.45, 7) is 3.32. The number of rotatable bonds is 6. The molecule has 4 rings (SSSR count). The van der Waals surface area contributed by atoms with Crippen LogP contribution in [0.4, 0.5) is 5.95 Å². The molecule has 2 aliphatic rings. The molecular formula is C21H26N4O4. The SMILES string of the molecule is COc1ccc(CCNC(=O)c2ccnc(N3CCC4(CC3)OCCO4)n2)cc1. The molecule has 2 aromatic rings. The highest BCUT2D eigenvalue weighted by molar-refractivity contribution is 5.92. The minimum absolute atomic E-state index is 0.196. The largest absolute Gasteiger partial charge is 0.497 e. The summed E-state index contributed by atoms with van der Waals surface area (Å²) in [6, 6.07) is 9.46. The minimum Gasteiger partial charge on any atom is -0.497 e. The lowest BCUT2D eigenvalue weighted by Gasteiger charge is -2.37. The van der Waals surface area contributed by atoms with Crippen LogP contribution in [0.25, 0.3) is 0 Å². The number of methoxy groups -OCH3 is 1. The molecule has 2 saturated heterocycles. The van der Waals surface area contributed by atoms with E-state index < -0.39 is 5.79 Å². The number of ether oxygens (including phenoxy) is 3. The number of carbonyl (C=O) groups excluding carboxylic acids is 1. The number of aromatic nitrogens is 2. The molecule has 0 unspecified atom stereocenters. The average molecular weight is 398 g/mol. The maximum absolute atomic E-state index is 12.5. The smallest absolute Gasteiger partial charge is 0.270 e. The standard InChI is InChI=1S/C21H26N4O4/c1-27-17-4-2-16(3-5-17)6-10-22-19(26)18-7-11-23-20(24-18)25-12-8-21(9-13-25)28-14-15-29-21/h2-5,7,11H,6,8-10,12-15H2,1H3,(H,22,26). The molecule has 0 aliphatic carbocycles. The molecule has 2 fully saturated rings. The maximum Gasteiger partial charge on any atom is 0.270 e. The fourth-order valence-electron chi connectivity index (χ4n) is 3.66. The van der Waals surface area contributed by atoms with Crippen molar-refractivity contribution in [3.63, 3.8) is 0 Å². The second-order valence-electron chi connectivity index (χ2n) is 7.19. The minimum atomic E-state index is -0.438. The first-order valence-electron chi connectivity index (χ1n) is 9.94. The van der Waals surface area contributed by atoms with Gasteiger partial charge in [-0.05, 0) is 30.2 Å². The average Bonchev–Trinajstić information content (AvgIpc) is 3.22. The van der Waals surface area contributed by atoms with Crippen molar-refractivity contribution in [2.24, 2.45) is 0 Å². The summed E-state index contributed by atoms with van der Waals surface area (Å²) in [4.78, 5) is 23.4. The summed E-state index contributed by atoms with van der Waals surface area (Å²) in [5.41, 5.74) is 1.51. The summed E-state index contributed by atoms with van der Waals surface area (Å²) in [6.07, 6.45) is 3.92. The van der Waals surface area contributed by atoms with Gasteiger partial charge in [0.05, 0.1) is 20.3 Å². The molecule has 8 nitrogen and oxygen atoms in total. The molecule has 0 radical (unpaired) electrons. The molecule has 0 saturated carbocycles. The number of anilines is 1. The lowest BCUT2D eigenvalue weighted by atomic mass is 10.0. The van der Waals surface area contributed by atoms with Crippen LogP contribution < -0.4 is 15.0 Å². The molecule has 1 spiro atoms. The molecule has 3 heterocycles. The van der Waals surface area contributed by atoms with Gasteiger partial charge < -0.3 is 24.4 Å². The molecule has 29 heavy (non-hydrogen) atoms. The Balaban J connectivity index is 1.30. The van der Waals surface area contributed by atoms with Gasteiger partial charge in [0.15, 0.2) is 5.79 Å². The van der Waals surface area contributed by atoms with Gasteiger partial charge in [0.1, 0.15) is 11.4 Å². The second kappa shape index (κ2) is 8.75. The number of benzene rings is 1. The first-order valence-corrected chi connectivity index (χ1v) is 9.94. The second-order valence-corrected chi connectivity index (χ2v) is 7.19. The van der Waals surface area contributed by atoms with Gasteiger partial charge in [-0.15, -0.1) is 0 Å². The third-order valence-corrected chi connectivity index (χ3v) is 5.36. The Kier molecular flexibility index (Phi) is 5.92. The van der Waals surface area contributed by atoms with Crippen molar-refractivity contribution in [2.75, 3.05) is 44.9 Å². The summed E-state index contributed by atoms with van der Waals surface area (Å²) < 4.78 is 16.7. The third kappa shape index (κ3) is 4.65. The van der Waals surface area contributed by atoms with Gasteiger partial charge in [-0.2, -0.15) is 0 Å². The highest BCUT2D eigenvalue weighted by Gasteiger charge is 2.40. The Bertz CT molecular complexity index is 827. The number of hydrogen-bond acceptors (Lipinski definition) is 7. The topological polar surface area (TPSA) is 85.8 Å². The predicted octanol–water partition coefficient (Wildman–Crippen LogP) is 1.80. The first-order chi connectivity index (χ1) is 14.2. The predicted molar refractivity (Wildman–Crippen MR) is 107 cm³/mol. The van der Waals surface area contributed by atoms with E-state index in [0.29, 0.717) is 31.4 Å². The van der Waals surface area contributed by atoms with Crippen molar-refractivity contribution in [3.8, 4) is 5.75 Å². The van der Waals surface area contributed by atoms with Crippen molar-refractivity contribution in [1.29, 1.82) is 0 Å². The molecular weight excluding hydrogens is 372 g/mol. The van der Waals surface area contributed by atoms with Gasteiger partial charge in [-0.25, -0.2) is 9.97 Å². The van der Waals surface area contributed by atoms with Gasteiger partial charge in [-0.1, -0.05) is 12.1 Å². The van der Waals surface area contributed by atoms with Gasteiger partial charge in [0.25, 0.3) is 5.91 Å². The van der Waals surface area contributed by atoms with E-state index >= 15 is 0 Å². The maximum atomic E-state index is 12.5. The summed E-state index contributed by atoms with van der Waals surface area (Å²) in [7, 11) is 1.64. The Morgan fingerprint density at radius 2 is 1.90 bits per heavy atom. The molecule has 1 aromatic carbocycles. The number of amides is 1. The monoisotopic (exact) mass is 398 g/mol. The lowest BCUT2D eigenvalue weighted by molar-refractivity contribution is -0.169.